The molecule has 5 rings (SSSR count). The van der Waals surface area contributed by atoms with Crippen molar-refractivity contribution in [1.82, 2.24) is 29.2 Å². The minimum atomic E-state index is -0.183. The maximum atomic E-state index is 13.0. The molecule has 0 radical (unpaired) electrons. The van der Waals surface area contributed by atoms with E-state index >= 15 is 0 Å². The molecule has 0 aliphatic carbocycles. The first kappa shape index (κ1) is 19.9. The molecule has 160 valence electrons. The van der Waals surface area contributed by atoms with Gasteiger partial charge < -0.3 is 13.8 Å². The highest BCUT2D eigenvalue weighted by atomic mass is 35.5. The second-order valence-corrected chi connectivity index (χ2v) is 8.23. The van der Waals surface area contributed by atoms with Crippen LogP contribution in [0.4, 0.5) is 0 Å². The van der Waals surface area contributed by atoms with Gasteiger partial charge >= 0.3 is 0 Å². The number of imidazole rings is 1. The van der Waals surface area contributed by atoms with Gasteiger partial charge in [0.2, 0.25) is 5.89 Å². The summed E-state index contributed by atoms with van der Waals surface area (Å²) in [5.74, 6) is 2.24. The molecule has 1 unspecified atom stereocenters. The number of aromatic nitrogens is 6. The van der Waals surface area contributed by atoms with Crippen molar-refractivity contribution >= 4 is 22.8 Å². The lowest BCUT2D eigenvalue weighted by molar-refractivity contribution is 0.110. The summed E-state index contributed by atoms with van der Waals surface area (Å²) in [7, 11) is 1.80. The quantitative estimate of drug-likeness (QED) is 0.480. The van der Waals surface area contributed by atoms with Gasteiger partial charge in [-0.1, -0.05) is 28.9 Å². The predicted octanol–water partition coefficient (Wildman–Crippen LogP) is 3.08. The monoisotopic (exact) mass is 440 g/mol. The summed E-state index contributed by atoms with van der Waals surface area (Å²) in [6.45, 7) is 4.27. The van der Waals surface area contributed by atoms with Crippen LogP contribution in [0.3, 0.4) is 0 Å². The van der Waals surface area contributed by atoms with Crippen LogP contribution in [0.15, 0.2) is 33.6 Å². The van der Waals surface area contributed by atoms with E-state index in [9.17, 15) is 4.79 Å². The molecule has 31 heavy (non-hydrogen) atoms. The molecular weight excluding hydrogens is 420 g/mol. The van der Waals surface area contributed by atoms with Gasteiger partial charge in [0.05, 0.1) is 12.7 Å². The van der Waals surface area contributed by atoms with E-state index in [1.165, 1.54) is 4.57 Å². The number of nitrogens with zero attached hydrogens (tertiary/aromatic N) is 6. The molecule has 4 heterocycles. The van der Waals surface area contributed by atoms with Crippen molar-refractivity contribution in [2.45, 2.75) is 38.8 Å². The summed E-state index contributed by atoms with van der Waals surface area (Å²) in [4.78, 5) is 26.3. The Morgan fingerprint density at radius 2 is 1.87 bits per heavy atom. The summed E-state index contributed by atoms with van der Waals surface area (Å²) in [6.07, 6.45) is 0.718. The van der Waals surface area contributed by atoms with E-state index in [0.717, 1.165) is 17.8 Å². The molecule has 1 aromatic carbocycles. The van der Waals surface area contributed by atoms with E-state index in [0.29, 0.717) is 40.3 Å². The zero-order valence-corrected chi connectivity index (χ0v) is 18.1. The van der Waals surface area contributed by atoms with Gasteiger partial charge in [0.15, 0.2) is 17.0 Å². The zero-order valence-electron chi connectivity index (χ0n) is 17.4. The highest BCUT2D eigenvalue weighted by Gasteiger charge is 2.31. The van der Waals surface area contributed by atoms with Crippen LogP contribution in [0.25, 0.3) is 11.2 Å². The van der Waals surface area contributed by atoms with Crippen molar-refractivity contribution in [1.29, 1.82) is 0 Å². The van der Waals surface area contributed by atoms with Crippen LogP contribution in [-0.4, -0.2) is 35.8 Å². The molecule has 0 spiro atoms. The third kappa shape index (κ3) is 3.53. The summed E-state index contributed by atoms with van der Waals surface area (Å²) < 4.78 is 14.7. The number of ether oxygens (including phenoxy) is 1. The van der Waals surface area contributed by atoms with Crippen molar-refractivity contribution < 1.29 is 9.26 Å². The fraction of sp³-hybridized carbons (Fsp3) is 0.381. The van der Waals surface area contributed by atoms with Crippen LogP contribution in [0.5, 0.6) is 0 Å². The normalized spacial score (nSPS) is 18.8. The zero-order chi connectivity index (χ0) is 21.7. The van der Waals surface area contributed by atoms with Gasteiger partial charge in [0, 0.05) is 18.0 Å². The Morgan fingerprint density at radius 3 is 2.65 bits per heavy atom. The Kier molecular flexibility index (Phi) is 4.86. The molecule has 0 amide bonds. The van der Waals surface area contributed by atoms with E-state index in [2.05, 4.69) is 20.1 Å². The van der Waals surface area contributed by atoms with Gasteiger partial charge in [-0.05, 0) is 38.0 Å². The van der Waals surface area contributed by atoms with Crippen LogP contribution in [-0.2, 0) is 18.3 Å². The smallest absolute Gasteiger partial charge is 0.280 e. The van der Waals surface area contributed by atoms with E-state index in [4.69, 9.17) is 20.9 Å². The number of halogens is 1. The minimum Gasteiger partial charge on any atom is -0.373 e. The molecule has 0 saturated carbocycles. The third-order valence-electron chi connectivity index (χ3n) is 5.79. The van der Waals surface area contributed by atoms with Crippen LogP contribution in [0, 0.1) is 13.8 Å². The number of hydrogen-bond donors (Lipinski definition) is 0. The molecule has 1 saturated heterocycles. The highest BCUT2D eigenvalue weighted by Crippen LogP contribution is 2.37. The Balaban J connectivity index is 1.37. The third-order valence-corrected chi connectivity index (χ3v) is 6.04. The number of aryl methyl sites for hydroxylation is 3. The van der Waals surface area contributed by atoms with Crippen molar-refractivity contribution in [2.24, 2.45) is 7.05 Å². The first-order valence-corrected chi connectivity index (χ1v) is 10.4. The van der Waals surface area contributed by atoms with Gasteiger partial charge in [0.1, 0.15) is 18.2 Å². The molecule has 1 aliphatic heterocycles. The van der Waals surface area contributed by atoms with Crippen LogP contribution in [0.2, 0.25) is 5.02 Å². The fourth-order valence-electron chi connectivity index (χ4n) is 3.93. The molecule has 1 aliphatic rings. The van der Waals surface area contributed by atoms with Crippen molar-refractivity contribution in [2.75, 3.05) is 6.61 Å². The standard InChI is InChI=1S/C21H21ClN6O3/c1-11-23-20-18(27(11)3)21(29)28(12(2)24-20)9-17-25-19(26-31-17)14-8-16(30-10-14)13-4-6-15(22)7-5-13/h4-7,14,16H,8-10H2,1-3H3/t14-,16?/m0/s1. The topological polar surface area (TPSA) is 101 Å². The molecule has 0 N–H and O–H groups in total. The van der Waals surface area contributed by atoms with E-state index in [1.54, 1.807) is 18.5 Å². The molecular formula is C21H21ClN6O3. The number of benzene rings is 1. The van der Waals surface area contributed by atoms with Crippen molar-refractivity contribution in [3.05, 3.63) is 68.6 Å². The minimum absolute atomic E-state index is 0.0244. The maximum absolute atomic E-state index is 13.0. The van der Waals surface area contributed by atoms with Gasteiger partial charge in [-0.3, -0.25) is 9.36 Å². The Hall–Kier alpha value is -3.04. The average molecular weight is 441 g/mol. The SMILES string of the molecule is Cc1nc2nc(C)n(C)c2c(=O)n1Cc1nc([C@@H]2COC(c3ccc(Cl)cc3)C2)no1. The lowest BCUT2D eigenvalue weighted by Gasteiger charge is -2.09. The van der Waals surface area contributed by atoms with Gasteiger partial charge in [0.25, 0.3) is 5.56 Å². The Labute approximate surface area is 182 Å². The predicted molar refractivity (Wildman–Crippen MR) is 113 cm³/mol. The van der Waals surface area contributed by atoms with Gasteiger partial charge in [-0.25, -0.2) is 9.97 Å². The number of hydrogen-bond acceptors (Lipinski definition) is 7. The Morgan fingerprint density at radius 1 is 1.13 bits per heavy atom. The second kappa shape index (κ2) is 7.58. The lowest BCUT2D eigenvalue weighted by atomic mass is 10.0. The van der Waals surface area contributed by atoms with E-state index in [-0.39, 0.29) is 24.1 Å². The van der Waals surface area contributed by atoms with Crippen LogP contribution < -0.4 is 5.56 Å². The largest absolute Gasteiger partial charge is 0.373 e. The number of fused-ring (bicyclic) bond motifs is 1. The molecule has 2 atom stereocenters. The van der Waals surface area contributed by atoms with Crippen molar-refractivity contribution in [3.63, 3.8) is 0 Å². The Bertz CT molecular complexity index is 1320. The molecule has 4 aromatic rings. The van der Waals surface area contributed by atoms with Crippen molar-refractivity contribution in [3.8, 4) is 0 Å². The fourth-order valence-corrected chi connectivity index (χ4v) is 4.06. The summed E-state index contributed by atoms with van der Waals surface area (Å²) in [5, 5.41) is 4.83. The highest BCUT2D eigenvalue weighted by molar-refractivity contribution is 6.30. The summed E-state index contributed by atoms with van der Waals surface area (Å²) in [5.41, 5.74) is 1.79. The maximum Gasteiger partial charge on any atom is 0.280 e. The first-order valence-electron chi connectivity index (χ1n) is 10.0. The molecule has 10 heteroatoms. The number of rotatable bonds is 4. The molecule has 9 nitrogen and oxygen atoms in total. The molecule has 1 fully saturated rings. The lowest BCUT2D eigenvalue weighted by Crippen LogP contribution is -2.25. The summed E-state index contributed by atoms with van der Waals surface area (Å²) >= 11 is 5.97. The first-order chi connectivity index (χ1) is 14.9. The van der Waals surface area contributed by atoms with E-state index in [1.807, 2.05) is 31.2 Å². The van der Waals surface area contributed by atoms with Crippen LogP contribution in [0.1, 0.15) is 47.4 Å². The van der Waals surface area contributed by atoms with E-state index < -0.39 is 0 Å². The van der Waals surface area contributed by atoms with Gasteiger partial charge in [-0.2, -0.15) is 4.98 Å². The molecule has 0 bridgehead atoms. The second-order valence-electron chi connectivity index (χ2n) is 7.79. The van der Waals surface area contributed by atoms with Gasteiger partial charge in [-0.15, -0.1) is 0 Å². The average Bonchev–Trinajstić information content (AvgIpc) is 3.46. The van der Waals surface area contributed by atoms with Crippen LogP contribution >= 0.6 is 11.6 Å². The molecule has 3 aromatic heterocycles. The summed E-state index contributed by atoms with van der Waals surface area (Å²) in [6, 6.07) is 7.65.